The summed E-state index contributed by atoms with van der Waals surface area (Å²) in [5.41, 5.74) is 6.49. The lowest BCUT2D eigenvalue weighted by molar-refractivity contribution is 0.0237. The molecule has 1 aromatic heterocycles. The molecule has 1 aliphatic heterocycles. The van der Waals surface area contributed by atoms with E-state index >= 15 is 0 Å². The molecule has 0 aromatic carbocycles. The van der Waals surface area contributed by atoms with Gasteiger partial charge in [-0.25, -0.2) is 14.8 Å². The molecule has 1 saturated heterocycles. The fourth-order valence-corrected chi connectivity index (χ4v) is 3.91. The summed E-state index contributed by atoms with van der Waals surface area (Å²) in [6, 6.07) is 0.265. The number of amides is 1. The zero-order valence-corrected chi connectivity index (χ0v) is 17.9. The van der Waals surface area contributed by atoms with E-state index in [-0.39, 0.29) is 17.6 Å². The zero-order chi connectivity index (χ0) is 21.1. The Hall–Kier alpha value is -2.38. The lowest BCUT2D eigenvalue weighted by atomic mass is 9.65. The van der Waals surface area contributed by atoms with Gasteiger partial charge >= 0.3 is 6.09 Å². The Kier molecular flexibility index (Phi) is 6.52. The van der Waals surface area contributed by atoms with Crippen molar-refractivity contribution in [1.29, 1.82) is 5.41 Å². The third kappa shape index (κ3) is 4.91. The van der Waals surface area contributed by atoms with Crippen molar-refractivity contribution in [3.05, 3.63) is 11.9 Å². The van der Waals surface area contributed by atoms with Crippen molar-refractivity contribution in [2.45, 2.75) is 72.4 Å². The lowest BCUT2D eigenvalue weighted by Crippen LogP contribution is -2.48. The molecule has 0 radical (unpaired) electrons. The monoisotopic (exact) mass is 390 g/mol. The van der Waals surface area contributed by atoms with Crippen LogP contribution in [0.15, 0.2) is 6.33 Å². The van der Waals surface area contributed by atoms with Crippen LogP contribution in [0.4, 0.5) is 16.4 Å². The fourth-order valence-electron chi connectivity index (χ4n) is 3.91. The number of carbonyl (C=O) groups excluding carboxylic acids is 1. The first kappa shape index (κ1) is 21.9. The van der Waals surface area contributed by atoms with Gasteiger partial charge in [0.1, 0.15) is 23.6 Å². The Bertz CT molecular complexity index is 722. The number of carbonyl (C=O) groups is 1. The van der Waals surface area contributed by atoms with Crippen LogP contribution in [0.1, 0.15) is 66.4 Å². The fraction of sp³-hybridized carbons (Fsp3) is 0.700. The summed E-state index contributed by atoms with van der Waals surface area (Å²) in [4.78, 5) is 22.3. The van der Waals surface area contributed by atoms with E-state index < -0.39 is 5.60 Å². The smallest absolute Gasteiger partial charge is 0.410 e. The summed E-state index contributed by atoms with van der Waals surface area (Å²) in [5.74, 6) is 0.938. The van der Waals surface area contributed by atoms with Gasteiger partial charge in [-0.3, -0.25) is 0 Å². The highest BCUT2D eigenvalue weighted by molar-refractivity contribution is 6.04. The van der Waals surface area contributed by atoms with Crippen molar-refractivity contribution in [3.8, 4) is 0 Å². The molecule has 1 aromatic rings. The second-order valence-corrected chi connectivity index (χ2v) is 8.51. The summed E-state index contributed by atoms with van der Waals surface area (Å²) in [6.45, 7) is 12.8. The van der Waals surface area contributed by atoms with E-state index in [2.05, 4.69) is 15.3 Å². The Morgan fingerprint density at radius 3 is 2.57 bits per heavy atom. The maximum atomic E-state index is 12.3. The van der Waals surface area contributed by atoms with Gasteiger partial charge in [0.05, 0.1) is 5.56 Å². The normalized spacial score (nSPS) is 23.5. The summed E-state index contributed by atoms with van der Waals surface area (Å²) >= 11 is 0. The number of hydrogen-bond acceptors (Lipinski definition) is 7. The predicted octanol–water partition coefficient (Wildman–Crippen LogP) is 3.67. The standard InChI is InChI=1S/C18H28N6O2.C2H6/c1-11(19)13-14(20)21-10-22-15(13)23-12-7-18(8-12)5-6-24(9-18)16(25)26-17(2,3)4;1-2/h10,12,19H,5-9H2,1-4H3,(H3,20,21,22,23);1-2H3. The third-order valence-corrected chi connectivity index (χ3v) is 5.04. The van der Waals surface area contributed by atoms with Crippen molar-refractivity contribution >= 4 is 23.4 Å². The maximum Gasteiger partial charge on any atom is 0.410 e. The van der Waals surface area contributed by atoms with Gasteiger partial charge < -0.3 is 26.1 Å². The molecular weight excluding hydrogens is 356 g/mol. The SMILES string of the molecule is CC.CC(=N)c1c(N)ncnc1NC1CC2(CCN(C(=O)OC(C)(C)C)C2)C1. The molecule has 1 spiro atoms. The molecule has 156 valence electrons. The molecule has 28 heavy (non-hydrogen) atoms. The summed E-state index contributed by atoms with van der Waals surface area (Å²) in [6.07, 6.45) is 4.11. The van der Waals surface area contributed by atoms with E-state index in [0.717, 1.165) is 32.4 Å². The van der Waals surface area contributed by atoms with Crippen LogP contribution in [0.5, 0.6) is 0 Å². The lowest BCUT2D eigenvalue weighted by Gasteiger charge is -2.45. The largest absolute Gasteiger partial charge is 0.444 e. The minimum Gasteiger partial charge on any atom is -0.444 e. The van der Waals surface area contributed by atoms with Crippen molar-refractivity contribution < 1.29 is 9.53 Å². The molecular formula is C20H34N6O2. The van der Waals surface area contributed by atoms with E-state index in [1.165, 1.54) is 6.33 Å². The van der Waals surface area contributed by atoms with E-state index in [1.807, 2.05) is 39.5 Å². The Labute approximate surface area is 167 Å². The van der Waals surface area contributed by atoms with E-state index in [4.69, 9.17) is 15.9 Å². The summed E-state index contributed by atoms with van der Waals surface area (Å²) in [7, 11) is 0. The van der Waals surface area contributed by atoms with Crippen LogP contribution in [0.2, 0.25) is 0 Å². The van der Waals surface area contributed by atoms with E-state index in [0.29, 0.717) is 22.9 Å². The molecule has 2 fully saturated rings. The average Bonchev–Trinajstić information content (AvgIpc) is 3.00. The van der Waals surface area contributed by atoms with Gasteiger partial charge in [0.2, 0.25) is 0 Å². The van der Waals surface area contributed by atoms with Crippen LogP contribution in [-0.4, -0.2) is 51.4 Å². The Balaban J connectivity index is 0.00000136. The van der Waals surface area contributed by atoms with E-state index in [1.54, 1.807) is 6.92 Å². The third-order valence-electron chi connectivity index (χ3n) is 5.04. The molecule has 1 amide bonds. The van der Waals surface area contributed by atoms with Gasteiger partial charge in [-0.1, -0.05) is 13.8 Å². The second-order valence-electron chi connectivity index (χ2n) is 8.51. The second kappa shape index (κ2) is 8.32. The molecule has 1 saturated carbocycles. The van der Waals surface area contributed by atoms with Crippen molar-refractivity contribution in [2.75, 3.05) is 24.1 Å². The topological polar surface area (TPSA) is 117 Å². The van der Waals surface area contributed by atoms with Crippen molar-refractivity contribution in [3.63, 3.8) is 0 Å². The first-order chi connectivity index (χ1) is 13.1. The molecule has 0 unspecified atom stereocenters. The van der Waals surface area contributed by atoms with Crippen molar-refractivity contribution in [1.82, 2.24) is 14.9 Å². The summed E-state index contributed by atoms with van der Waals surface area (Å²) in [5, 5.41) is 11.3. The number of ether oxygens (including phenoxy) is 1. The van der Waals surface area contributed by atoms with Crippen molar-refractivity contribution in [2.24, 2.45) is 5.41 Å². The highest BCUT2D eigenvalue weighted by atomic mass is 16.6. The molecule has 1 aliphatic carbocycles. The molecule has 0 bridgehead atoms. The molecule has 2 heterocycles. The van der Waals surface area contributed by atoms with Gasteiger partial charge in [0, 0.05) is 24.8 Å². The highest BCUT2D eigenvalue weighted by Crippen LogP contribution is 2.49. The molecule has 0 atom stereocenters. The van der Waals surface area contributed by atoms with E-state index in [9.17, 15) is 4.79 Å². The predicted molar refractivity (Wildman–Crippen MR) is 112 cm³/mol. The number of likely N-dealkylation sites (tertiary alicyclic amines) is 1. The number of hydrogen-bond donors (Lipinski definition) is 3. The van der Waals surface area contributed by atoms with Crippen LogP contribution in [0.3, 0.4) is 0 Å². The number of nitrogens with zero attached hydrogens (tertiary/aromatic N) is 3. The Morgan fingerprint density at radius 2 is 2.00 bits per heavy atom. The minimum absolute atomic E-state index is 0.160. The molecule has 8 heteroatoms. The molecule has 2 aliphatic rings. The quantitative estimate of drug-likeness (QED) is 0.678. The van der Waals surface area contributed by atoms with Gasteiger partial charge in [-0.2, -0.15) is 0 Å². The number of nitrogens with two attached hydrogens (primary N) is 1. The number of rotatable bonds is 3. The summed E-state index contributed by atoms with van der Waals surface area (Å²) < 4.78 is 5.48. The first-order valence-corrected chi connectivity index (χ1v) is 9.99. The van der Waals surface area contributed by atoms with Gasteiger partial charge in [-0.05, 0) is 52.4 Å². The number of anilines is 2. The number of aromatic nitrogens is 2. The zero-order valence-electron chi connectivity index (χ0n) is 17.9. The maximum absolute atomic E-state index is 12.3. The van der Waals surface area contributed by atoms with Gasteiger partial charge in [0.15, 0.2) is 0 Å². The average molecular weight is 391 g/mol. The van der Waals surface area contributed by atoms with Gasteiger partial charge in [0.25, 0.3) is 0 Å². The van der Waals surface area contributed by atoms with Crippen LogP contribution in [0, 0.1) is 10.8 Å². The van der Waals surface area contributed by atoms with Gasteiger partial charge in [-0.15, -0.1) is 0 Å². The molecule has 3 rings (SSSR count). The number of nitrogens with one attached hydrogen (secondary N) is 2. The first-order valence-electron chi connectivity index (χ1n) is 9.99. The minimum atomic E-state index is -0.468. The number of nitrogen functional groups attached to an aromatic ring is 1. The van der Waals surface area contributed by atoms with Crippen LogP contribution < -0.4 is 11.1 Å². The highest BCUT2D eigenvalue weighted by Gasteiger charge is 2.50. The molecule has 4 N–H and O–H groups in total. The molecule has 8 nitrogen and oxygen atoms in total. The van der Waals surface area contributed by atoms with Crippen LogP contribution in [-0.2, 0) is 4.74 Å². The van der Waals surface area contributed by atoms with Crippen LogP contribution >= 0.6 is 0 Å². The Morgan fingerprint density at radius 1 is 1.36 bits per heavy atom. The van der Waals surface area contributed by atoms with Crippen LogP contribution in [0.25, 0.3) is 0 Å².